The molecule has 1 aliphatic carbocycles. The van der Waals surface area contributed by atoms with Crippen LogP contribution in [0.5, 0.6) is 0 Å². The molecule has 0 saturated heterocycles. The van der Waals surface area contributed by atoms with Crippen molar-refractivity contribution in [3.05, 3.63) is 23.8 Å². The SMILES string of the molecule is CC(C)CC(=O)Nc1ccc(N(C)C)c(CN(CC2CC2)C(=O)NC(C)C)c1. The molecule has 156 valence electrons. The molecule has 0 heterocycles. The highest BCUT2D eigenvalue weighted by atomic mass is 16.2. The molecule has 1 saturated carbocycles. The third-order valence-electron chi connectivity index (χ3n) is 4.67. The van der Waals surface area contributed by atoms with Gasteiger partial charge in [0.2, 0.25) is 5.91 Å². The van der Waals surface area contributed by atoms with E-state index >= 15 is 0 Å². The second-order valence-corrected chi connectivity index (χ2v) is 8.81. The molecule has 0 radical (unpaired) electrons. The molecule has 0 bridgehead atoms. The lowest BCUT2D eigenvalue weighted by molar-refractivity contribution is -0.116. The van der Waals surface area contributed by atoms with Crippen molar-refractivity contribution in [2.45, 2.75) is 59.5 Å². The Labute approximate surface area is 169 Å². The lowest BCUT2D eigenvalue weighted by atomic mass is 10.1. The van der Waals surface area contributed by atoms with Gasteiger partial charge in [0, 0.05) is 51.0 Å². The standard InChI is InChI=1S/C22H36N4O2/c1-15(2)11-21(27)24-19-9-10-20(25(5)6)18(12-19)14-26(13-17-7-8-17)22(28)23-16(3)4/h9-10,12,15-17H,7-8,11,13-14H2,1-6H3,(H,23,28)(H,24,27). The zero-order chi connectivity index (χ0) is 20.8. The minimum absolute atomic E-state index is 0.0194. The fourth-order valence-corrected chi connectivity index (χ4v) is 3.18. The lowest BCUT2D eigenvalue weighted by Gasteiger charge is -2.27. The Balaban J connectivity index is 2.21. The monoisotopic (exact) mass is 388 g/mol. The molecule has 0 aromatic heterocycles. The molecule has 1 aromatic rings. The maximum absolute atomic E-state index is 12.7. The average molecular weight is 389 g/mol. The zero-order valence-corrected chi connectivity index (χ0v) is 18.2. The Morgan fingerprint density at radius 2 is 1.82 bits per heavy atom. The van der Waals surface area contributed by atoms with Gasteiger partial charge < -0.3 is 20.4 Å². The molecule has 28 heavy (non-hydrogen) atoms. The summed E-state index contributed by atoms with van der Waals surface area (Å²) < 4.78 is 0. The van der Waals surface area contributed by atoms with Crippen LogP contribution in [0.1, 0.15) is 52.5 Å². The van der Waals surface area contributed by atoms with E-state index in [2.05, 4.69) is 10.6 Å². The summed E-state index contributed by atoms with van der Waals surface area (Å²) in [6.45, 7) is 9.31. The van der Waals surface area contributed by atoms with Crippen LogP contribution in [0, 0.1) is 11.8 Å². The van der Waals surface area contributed by atoms with Crippen molar-refractivity contribution in [3.8, 4) is 0 Å². The first kappa shape index (κ1) is 22.1. The van der Waals surface area contributed by atoms with E-state index in [9.17, 15) is 9.59 Å². The number of carbonyl (C=O) groups is 2. The molecule has 6 heteroatoms. The van der Waals surface area contributed by atoms with Gasteiger partial charge >= 0.3 is 6.03 Å². The van der Waals surface area contributed by atoms with Gasteiger partial charge in [0.15, 0.2) is 0 Å². The topological polar surface area (TPSA) is 64.7 Å². The van der Waals surface area contributed by atoms with Gasteiger partial charge in [-0.1, -0.05) is 13.8 Å². The highest BCUT2D eigenvalue weighted by Gasteiger charge is 2.27. The Morgan fingerprint density at radius 1 is 1.14 bits per heavy atom. The normalized spacial score (nSPS) is 13.6. The second-order valence-electron chi connectivity index (χ2n) is 8.81. The van der Waals surface area contributed by atoms with Crippen LogP contribution in [0.2, 0.25) is 0 Å². The van der Waals surface area contributed by atoms with E-state index in [-0.39, 0.29) is 18.0 Å². The average Bonchev–Trinajstić information content (AvgIpc) is 3.36. The smallest absolute Gasteiger partial charge is 0.317 e. The summed E-state index contributed by atoms with van der Waals surface area (Å²) in [5.74, 6) is 0.940. The molecule has 0 atom stereocenters. The Hall–Kier alpha value is -2.24. The first-order valence-corrected chi connectivity index (χ1v) is 10.3. The van der Waals surface area contributed by atoms with Gasteiger partial charge in [0.05, 0.1) is 0 Å². The second kappa shape index (κ2) is 9.80. The lowest BCUT2D eigenvalue weighted by Crippen LogP contribution is -2.43. The van der Waals surface area contributed by atoms with E-state index in [1.165, 1.54) is 12.8 Å². The van der Waals surface area contributed by atoms with E-state index < -0.39 is 0 Å². The van der Waals surface area contributed by atoms with Crippen molar-refractivity contribution >= 4 is 23.3 Å². The minimum atomic E-state index is -0.0270. The third kappa shape index (κ3) is 7.06. The van der Waals surface area contributed by atoms with E-state index in [1.54, 1.807) is 0 Å². The van der Waals surface area contributed by atoms with Gasteiger partial charge in [0.1, 0.15) is 0 Å². The summed E-state index contributed by atoms with van der Waals surface area (Å²) in [7, 11) is 3.99. The predicted molar refractivity (Wildman–Crippen MR) is 116 cm³/mol. The quantitative estimate of drug-likeness (QED) is 0.670. The molecule has 0 aliphatic heterocycles. The number of rotatable bonds is 9. The van der Waals surface area contributed by atoms with E-state index in [0.717, 1.165) is 23.5 Å². The fourth-order valence-electron chi connectivity index (χ4n) is 3.18. The molecule has 2 rings (SSSR count). The summed E-state index contributed by atoms with van der Waals surface area (Å²) in [6, 6.07) is 6.01. The van der Waals surface area contributed by atoms with Crippen molar-refractivity contribution in [2.24, 2.45) is 11.8 Å². The minimum Gasteiger partial charge on any atom is -0.377 e. The first-order chi connectivity index (χ1) is 13.2. The number of anilines is 2. The van der Waals surface area contributed by atoms with Crippen LogP contribution < -0.4 is 15.5 Å². The van der Waals surface area contributed by atoms with Crippen LogP contribution in [0.4, 0.5) is 16.2 Å². The molecule has 1 fully saturated rings. The summed E-state index contributed by atoms with van der Waals surface area (Å²) in [5.41, 5.74) is 2.87. The van der Waals surface area contributed by atoms with Crippen molar-refractivity contribution in [3.63, 3.8) is 0 Å². The van der Waals surface area contributed by atoms with Gasteiger partial charge in [-0.3, -0.25) is 4.79 Å². The number of carbonyl (C=O) groups excluding carboxylic acids is 2. The van der Waals surface area contributed by atoms with Crippen molar-refractivity contribution < 1.29 is 9.59 Å². The number of hydrogen-bond donors (Lipinski definition) is 2. The number of amides is 3. The maximum atomic E-state index is 12.7. The van der Waals surface area contributed by atoms with Crippen molar-refractivity contribution in [1.29, 1.82) is 0 Å². The van der Waals surface area contributed by atoms with Crippen LogP contribution in [0.15, 0.2) is 18.2 Å². The molecule has 2 N–H and O–H groups in total. The van der Waals surface area contributed by atoms with Crippen LogP contribution in [-0.4, -0.2) is 43.5 Å². The maximum Gasteiger partial charge on any atom is 0.317 e. The molecule has 3 amide bonds. The van der Waals surface area contributed by atoms with Gasteiger partial charge in [-0.05, 0) is 62.3 Å². The number of hydrogen-bond acceptors (Lipinski definition) is 3. The zero-order valence-electron chi connectivity index (χ0n) is 18.2. The number of nitrogens with zero attached hydrogens (tertiary/aromatic N) is 2. The number of nitrogens with one attached hydrogen (secondary N) is 2. The van der Waals surface area contributed by atoms with Crippen LogP contribution in [-0.2, 0) is 11.3 Å². The Kier molecular flexibility index (Phi) is 7.72. The van der Waals surface area contributed by atoms with Gasteiger partial charge in [-0.25, -0.2) is 4.79 Å². The summed E-state index contributed by atoms with van der Waals surface area (Å²) in [5, 5.41) is 6.01. The summed E-state index contributed by atoms with van der Waals surface area (Å²) in [4.78, 5) is 28.8. The molecule has 1 aromatic carbocycles. The van der Waals surface area contributed by atoms with Gasteiger partial charge in [-0.2, -0.15) is 0 Å². The number of urea groups is 1. The molecular formula is C22H36N4O2. The van der Waals surface area contributed by atoms with Crippen LogP contribution in [0.25, 0.3) is 0 Å². The summed E-state index contributed by atoms with van der Waals surface area (Å²) >= 11 is 0. The number of benzene rings is 1. The van der Waals surface area contributed by atoms with Crippen LogP contribution in [0.3, 0.4) is 0 Å². The van der Waals surface area contributed by atoms with Crippen molar-refractivity contribution in [2.75, 3.05) is 30.9 Å². The molecule has 6 nitrogen and oxygen atoms in total. The van der Waals surface area contributed by atoms with Gasteiger partial charge in [-0.15, -0.1) is 0 Å². The first-order valence-electron chi connectivity index (χ1n) is 10.3. The predicted octanol–water partition coefficient (Wildman–Crippen LogP) is 4.07. The summed E-state index contributed by atoms with van der Waals surface area (Å²) in [6.07, 6.45) is 2.88. The highest BCUT2D eigenvalue weighted by Crippen LogP contribution is 2.31. The molecule has 1 aliphatic rings. The molecule has 0 unspecified atom stereocenters. The van der Waals surface area contributed by atoms with Gasteiger partial charge in [0.25, 0.3) is 0 Å². The highest BCUT2D eigenvalue weighted by molar-refractivity contribution is 5.91. The fraction of sp³-hybridized carbons (Fsp3) is 0.636. The van der Waals surface area contributed by atoms with Crippen molar-refractivity contribution in [1.82, 2.24) is 10.2 Å². The van der Waals surface area contributed by atoms with E-state index in [0.29, 0.717) is 24.8 Å². The molecule has 0 spiro atoms. The Morgan fingerprint density at radius 3 is 2.36 bits per heavy atom. The van der Waals surface area contributed by atoms with E-state index in [4.69, 9.17) is 0 Å². The van der Waals surface area contributed by atoms with Crippen LogP contribution >= 0.6 is 0 Å². The largest absolute Gasteiger partial charge is 0.377 e. The molecular weight excluding hydrogens is 352 g/mol. The van der Waals surface area contributed by atoms with E-state index in [1.807, 2.05) is 69.8 Å². The third-order valence-corrected chi connectivity index (χ3v) is 4.67. The Bertz CT molecular complexity index is 681.